The summed E-state index contributed by atoms with van der Waals surface area (Å²) in [5, 5.41) is 2.65. The van der Waals surface area contributed by atoms with Crippen LogP contribution in [0.5, 0.6) is 0 Å². The van der Waals surface area contributed by atoms with E-state index in [4.69, 9.17) is 4.74 Å². The van der Waals surface area contributed by atoms with Crippen LogP contribution in [0.4, 0.5) is 15.8 Å². The van der Waals surface area contributed by atoms with E-state index < -0.39 is 30.2 Å². The van der Waals surface area contributed by atoms with Gasteiger partial charge in [-0.15, -0.1) is 0 Å². The first-order valence-electron chi connectivity index (χ1n) is 9.08. The van der Waals surface area contributed by atoms with Crippen LogP contribution in [0, 0.1) is 11.7 Å². The molecule has 0 radical (unpaired) electrons. The predicted octanol–water partition coefficient (Wildman–Crippen LogP) is 2.92. The molecule has 0 saturated carbocycles. The third-order valence-corrected chi connectivity index (χ3v) is 4.59. The number of rotatable bonds is 6. The number of halogens is 1. The molecule has 1 heterocycles. The molecular formula is C21H21FN2O4. The van der Waals surface area contributed by atoms with Crippen LogP contribution in [0.15, 0.2) is 48.5 Å². The van der Waals surface area contributed by atoms with E-state index in [-0.39, 0.29) is 24.6 Å². The quantitative estimate of drug-likeness (QED) is 0.777. The summed E-state index contributed by atoms with van der Waals surface area (Å²) in [6, 6.07) is 13.3. The molecule has 2 aromatic rings. The zero-order valence-corrected chi connectivity index (χ0v) is 15.5. The van der Waals surface area contributed by atoms with E-state index in [1.165, 1.54) is 23.1 Å². The van der Waals surface area contributed by atoms with E-state index >= 15 is 0 Å². The minimum Gasteiger partial charge on any atom is -0.455 e. The van der Waals surface area contributed by atoms with Crippen molar-refractivity contribution in [1.29, 1.82) is 0 Å². The van der Waals surface area contributed by atoms with E-state index in [0.717, 1.165) is 12.0 Å². The molecule has 2 amide bonds. The molecule has 1 aliphatic rings. The van der Waals surface area contributed by atoms with Gasteiger partial charge in [0.2, 0.25) is 5.91 Å². The molecule has 0 aliphatic carbocycles. The fraction of sp³-hybridized carbons (Fsp3) is 0.286. The van der Waals surface area contributed by atoms with E-state index in [0.29, 0.717) is 5.69 Å². The van der Waals surface area contributed by atoms with Crippen LogP contribution >= 0.6 is 0 Å². The van der Waals surface area contributed by atoms with Crippen molar-refractivity contribution >= 4 is 29.2 Å². The van der Waals surface area contributed by atoms with Gasteiger partial charge in [-0.2, -0.15) is 0 Å². The van der Waals surface area contributed by atoms with E-state index in [9.17, 15) is 18.8 Å². The summed E-state index contributed by atoms with van der Waals surface area (Å²) in [5.41, 5.74) is 1.89. The number of hydrogen-bond acceptors (Lipinski definition) is 4. The van der Waals surface area contributed by atoms with Gasteiger partial charge in [0.25, 0.3) is 5.91 Å². The Morgan fingerprint density at radius 1 is 1.18 bits per heavy atom. The Balaban J connectivity index is 1.51. The smallest absolute Gasteiger partial charge is 0.311 e. The second-order valence-electron chi connectivity index (χ2n) is 6.56. The van der Waals surface area contributed by atoms with Crippen LogP contribution in [0.2, 0.25) is 0 Å². The highest BCUT2D eigenvalue weighted by Crippen LogP contribution is 2.27. The number of esters is 1. The fourth-order valence-corrected chi connectivity index (χ4v) is 3.04. The van der Waals surface area contributed by atoms with Gasteiger partial charge in [-0.25, -0.2) is 4.39 Å². The van der Waals surface area contributed by atoms with Gasteiger partial charge in [0.15, 0.2) is 6.61 Å². The van der Waals surface area contributed by atoms with Crippen LogP contribution in [-0.4, -0.2) is 30.9 Å². The molecule has 0 unspecified atom stereocenters. The summed E-state index contributed by atoms with van der Waals surface area (Å²) in [4.78, 5) is 37.6. The number of aryl methyl sites for hydroxylation is 1. The fourth-order valence-electron chi connectivity index (χ4n) is 3.04. The van der Waals surface area contributed by atoms with Crippen molar-refractivity contribution in [3.63, 3.8) is 0 Å². The van der Waals surface area contributed by atoms with E-state index in [2.05, 4.69) is 5.32 Å². The molecule has 1 fully saturated rings. The van der Waals surface area contributed by atoms with Gasteiger partial charge in [0.05, 0.1) is 11.6 Å². The Morgan fingerprint density at radius 3 is 2.57 bits per heavy atom. The van der Waals surface area contributed by atoms with Gasteiger partial charge in [-0.05, 0) is 36.2 Å². The van der Waals surface area contributed by atoms with Gasteiger partial charge >= 0.3 is 5.97 Å². The number of amides is 2. The molecule has 7 heteroatoms. The molecule has 0 spiro atoms. The molecule has 28 heavy (non-hydrogen) atoms. The number of benzene rings is 2. The minimum absolute atomic E-state index is 0.0265. The van der Waals surface area contributed by atoms with Gasteiger partial charge in [-0.3, -0.25) is 14.4 Å². The first-order valence-corrected chi connectivity index (χ1v) is 9.08. The highest BCUT2D eigenvalue weighted by atomic mass is 19.1. The highest BCUT2D eigenvalue weighted by Gasteiger charge is 2.37. The van der Waals surface area contributed by atoms with E-state index in [1.807, 2.05) is 19.1 Å². The second-order valence-corrected chi connectivity index (χ2v) is 6.56. The van der Waals surface area contributed by atoms with E-state index in [1.54, 1.807) is 18.2 Å². The molecule has 146 valence electrons. The zero-order valence-electron chi connectivity index (χ0n) is 15.5. The monoisotopic (exact) mass is 384 g/mol. The van der Waals surface area contributed by atoms with Crippen LogP contribution in [0.1, 0.15) is 18.9 Å². The Bertz CT molecular complexity index is 882. The maximum absolute atomic E-state index is 13.9. The third kappa shape index (κ3) is 4.54. The largest absolute Gasteiger partial charge is 0.455 e. The first kappa shape index (κ1) is 19.5. The number of carbonyl (C=O) groups is 3. The number of nitrogens with one attached hydrogen (secondary N) is 1. The lowest BCUT2D eigenvalue weighted by Gasteiger charge is -2.17. The Morgan fingerprint density at radius 2 is 1.89 bits per heavy atom. The SMILES string of the molecule is CCc1ccc(NC(=O)COC(=O)[C@H]2CC(=O)N(c3ccccc3F)C2)cc1. The molecule has 1 saturated heterocycles. The Hall–Kier alpha value is -3.22. The number of carbonyl (C=O) groups excluding carboxylic acids is 3. The number of para-hydroxylation sites is 1. The molecular weight excluding hydrogens is 363 g/mol. The van der Waals surface area contributed by atoms with Crippen molar-refractivity contribution in [2.75, 3.05) is 23.4 Å². The molecule has 1 aliphatic heterocycles. The summed E-state index contributed by atoms with van der Waals surface area (Å²) < 4.78 is 18.9. The van der Waals surface area contributed by atoms with Crippen molar-refractivity contribution in [3.8, 4) is 0 Å². The van der Waals surface area contributed by atoms with Gasteiger partial charge in [-0.1, -0.05) is 31.2 Å². The van der Waals surface area contributed by atoms with Crippen molar-refractivity contribution in [2.24, 2.45) is 5.92 Å². The normalized spacial score (nSPS) is 16.1. The molecule has 6 nitrogen and oxygen atoms in total. The number of anilines is 2. The number of ether oxygens (including phenoxy) is 1. The maximum atomic E-state index is 13.9. The molecule has 2 aromatic carbocycles. The molecule has 1 atom stereocenters. The average molecular weight is 384 g/mol. The zero-order chi connectivity index (χ0) is 20.1. The van der Waals surface area contributed by atoms with Gasteiger partial charge in [0.1, 0.15) is 5.82 Å². The topological polar surface area (TPSA) is 75.7 Å². The van der Waals surface area contributed by atoms with Gasteiger partial charge < -0.3 is 15.0 Å². The molecule has 0 bridgehead atoms. The van der Waals surface area contributed by atoms with Crippen molar-refractivity contribution in [1.82, 2.24) is 0 Å². The Labute approximate surface area is 162 Å². The van der Waals surface area contributed by atoms with Gasteiger partial charge in [0, 0.05) is 18.7 Å². The molecule has 3 rings (SSSR count). The standard InChI is InChI=1S/C21H21FN2O4/c1-2-14-7-9-16(10-8-14)23-19(25)13-28-21(27)15-11-20(26)24(12-15)18-6-4-3-5-17(18)22/h3-10,15H,2,11-13H2,1H3,(H,23,25)/t15-/m0/s1. The lowest BCUT2D eigenvalue weighted by molar-refractivity contribution is -0.151. The van der Waals surface area contributed by atoms with Crippen molar-refractivity contribution in [3.05, 3.63) is 59.9 Å². The van der Waals surface area contributed by atoms with Crippen molar-refractivity contribution < 1.29 is 23.5 Å². The van der Waals surface area contributed by atoms with Crippen LogP contribution < -0.4 is 10.2 Å². The molecule has 0 aromatic heterocycles. The van der Waals surface area contributed by atoms with Crippen LogP contribution in [0.25, 0.3) is 0 Å². The number of hydrogen-bond donors (Lipinski definition) is 1. The second kappa shape index (κ2) is 8.65. The highest BCUT2D eigenvalue weighted by molar-refractivity contribution is 6.00. The third-order valence-electron chi connectivity index (χ3n) is 4.59. The minimum atomic E-state index is -0.733. The summed E-state index contributed by atoms with van der Waals surface area (Å²) in [6.45, 7) is 1.62. The molecule has 1 N–H and O–H groups in total. The summed E-state index contributed by atoms with van der Waals surface area (Å²) in [5.74, 6) is -2.73. The summed E-state index contributed by atoms with van der Waals surface area (Å²) in [6.07, 6.45) is 0.823. The first-order chi connectivity index (χ1) is 13.5. The Kier molecular flexibility index (Phi) is 6.03. The summed E-state index contributed by atoms with van der Waals surface area (Å²) >= 11 is 0. The lowest BCUT2D eigenvalue weighted by atomic mass is 10.1. The maximum Gasteiger partial charge on any atom is 0.311 e. The number of nitrogens with zero attached hydrogens (tertiary/aromatic N) is 1. The van der Waals surface area contributed by atoms with Crippen LogP contribution in [-0.2, 0) is 25.5 Å². The van der Waals surface area contributed by atoms with Crippen LogP contribution in [0.3, 0.4) is 0 Å². The summed E-state index contributed by atoms with van der Waals surface area (Å²) in [7, 11) is 0. The predicted molar refractivity (Wildman–Crippen MR) is 102 cm³/mol. The average Bonchev–Trinajstić information content (AvgIpc) is 3.08. The lowest BCUT2D eigenvalue weighted by Crippen LogP contribution is -2.28. The van der Waals surface area contributed by atoms with Crippen molar-refractivity contribution in [2.45, 2.75) is 19.8 Å².